The van der Waals surface area contributed by atoms with Crippen LogP contribution in [-0.2, 0) is 5.41 Å². The Bertz CT molecular complexity index is 356. The summed E-state index contributed by atoms with van der Waals surface area (Å²) in [6.45, 7) is 1.76. The molecule has 1 aliphatic carbocycles. The molecule has 2 N–H and O–H groups in total. The van der Waals surface area contributed by atoms with Crippen LogP contribution in [0.15, 0.2) is 18.2 Å². The van der Waals surface area contributed by atoms with E-state index in [9.17, 15) is 10.2 Å². The van der Waals surface area contributed by atoms with Gasteiger partial charge in [0, 0.05) is 16.0 Å². The van der Waals surface area contributed by atoms with Gasteiger partial charge >= 0.3 is 0 Å². The zero-order chi connectivity index (χ0) is 10.3. The van der Waals surface area contributed by atoms with Gasteiger partial charge in [0.15, 0.2) is 0 Å². The van der Waals surface area contributed by atoms with Crippen molar-refractivity contribution in [2.24, 2.45) is 0 Å². The molecule has 1 aromatic carbocycles. The number of aromatic hydroxyl groups is 1. The lowest BCUT2D eigenvalue weighted by Crippen LogP contribution is -2.22. The average Bonchev–Trinajstić information content (AvgIpc) is 2.90. The van der Waals surface area contributed by atoms with E-state index in [2.05, 4.69) is 0 Å². The first kappa shape index (κ1) is 9.81. The van der Waals surface area contributed by atoms with E-state index in [0.717, 1.165) is 18.4 Å². The Morgan fingerprint density at radius 2 is 2.07 bits per heavy atom. The second-order valence-electron chi connectivity index (χ2n) is 3.99. The molecule has 0 heterocycles. The molecule has 76 valence electrons. The summed E-state index contributed by atoms with van der Waals surface area (Å²) in [5.41, 5.74) is 0.523. The molecule has 0 amide bonds. The van der Waals surface area contributed by atoms with E-state index in [4.69, 9.17) is 11.6 Å². The van der Waals surface area contributed by atoms with Crippen molar-refractivity contribution in [1.82, 2.24) is 0 Å². The van der Waals surface area contributed by atoms with E-state index in [0.29, 0.717) is 5.02 Å². The smallest absolute Gasteiger partial charge is 0.119 e. The molecule has 2 nitrogen and oxygen atoms in total. The van der Waals surface area contributed by atoms with Crippen LogP contribution in [0, 0.1) is 0 Å². The van der Waals surface area contributed by atoms with E-state index in [1.54, 1.807) is 25.1 Å². The molecule has 1 saturated carbocycles. The summed E-state index contributed by atoms with van der Waals surface area (Å²) in [7, 11) is 0. The third-order valence-corrected chi connectivity index (χ3v) is 3.32. The van der Waals surface area contributed by atoms with E-state index < -0.39 is 6.10 Å². The highest BCUT2D eigenvalue weighted by Crippen LogP contribution is 2.53. The maximum atomic E-state index is 9.69. The van der Waals surface area contributed by atoms with Crippen molar-refractivity contribution in [2.45, 2.75) is 31.3 Å². The summed E-state index contributed by atoms with van der Waals surface area (Å²) in [6, 6.07) is 4.98. The number of aliphatic hydroxyl groups excluding tert-OH is 1. The number of rotatable bonds is 2. The molecule has 0 saturated heterocycles. The molecule has 1 aromatic rings. The van der Waals surface area contributed by atoms with Gasteiger partial charge in [-0.3, -0.25) is 0 Å². The van der Waals surface area contributed by atoms with Crippen molar-refractivity contribution in [3.05, 3.63) is 28.8 Å². The highest BCUT2D eigenvalue weighted by molar-refractivity contribution is 6.30. The predicted molar refractivity (Wildman–Crippen MR) is 55.7 cm³/mol. The molecule has 0 aliphatic heterocycles. The second-order valence-corrected chi connectivity index (χ2v) is 4.43. The lowest BCUT2D eigenvalue weighted by molar-refractivity contribution is 0.149. The Kier molecular flexibility index (Phi) is 2.20. The van der Waals surface area contributed by atoms with Crippen molar-refractivity contribution in [3.63, 3.8) is 0 Å². The Hall–Kier alpha value is -0.730. The monoisotopic (exact) mass is 212 g/mol. The molecule has 1 unspecified atom stereocenters. The first-order chi connectivity index (χ1) is 6.56. The van der Waals surface area contributed by atoms with Gasteiger partial charge in [0.25, 0.3) is 0 Å². The van der Waals surface area contributed by atoms with Crippen molar-refractivity contribution < 1.29 is 10.2 Å². The third-order valence-electron chi connectivity index (χ3n) is 3.08. The molecule has 0 spiro atoms. The van der Waals surface area contributed by atoms with Crippen LogP contribution in [0.3, 0.4) is 0 Å². The molecule has 2 rings (SSSR count). The number of hydrogen-bond acceptors (Lipinski definition) is 2. The number of benzene rings is 1. The quantitative estimate of drug-likeness (QED) is 0.791. The van der Waals surface area contributed by atoms with E-state index in [-0.39, 0.29) is 11.2 Å². The molecular weight excluding hydrogens is 200 g/mol. The van der Waals surface area contributed by atoms with Gasteiger partial charge < -0.3 is 10.2 Å². The molecule has 1 aliphatic rings. The van der Waals surface area contributed by atoms with Gasteiger partial charge in [-0.1, -0.05) is 11.6 Å². The number of hydrogen-bond donors (Lipinski definition) is 2. The summed E-state index contributed by atoms with van der Waals surface area (Å²) in [4.78, 5) is 0. The summed E-state index contributed by atoms with van der Waals surface area (Å²) in [5.74, 6) is 0.229. The lowest BCUT2D eigenvalue weighted by Gasteiger charge is -2.20. The highest BCUT2D eigenvalue weighted by atomic mass is 35.5. The molecule has 0 bridgehead atoms. The van der Waals surface area contributed by atoms with Gasteiger partial charge in [0.05, 0.1) is 6.10 Å². The molecule has 0 aromatic heterocycles. The number of phenols is 1. The fraction of sp³-hybridized carbons (Fsp3) is 0.455. The third kappa shape index (κ3) is 1.39. The maximum absolute atomic E-state index is 9.69. The normalized spacial score (nSPS) is 20.5. The van der Waals surface area contributed by atoms with E-state index >= 15 is 0 Å². The molecule has 0 radical (unpaired) electrons. The van der Waals surface area contributed by atoms with Crippen molar-refractivity contribution in [2.75, 3.05) is 0 Å². The molecule has 14 heavy (non-hydrogen) atoms. The van der Waals surface area contributed by atoms with E-state index in [1.165, 1.54) is 0 Å². The maximum Gasteiger partial charge on any atom is 0.119 e. The summed E-state index contributed by atoms with van der Waals surface area (Å²) in [5, 5.41) is 19.9. The molecule has 1 atom stereocenters. The summed E-state index contributed by atoms with van der Waals surface area (Å²) >= 11 is 5.86. The first-order valence-electron chi connectivity index (χ1n) is 4.73. The van der Waals surface area contributed by atoms with Crippen LogP contribution in [0.5, 0.6) is 5.75 Å². The van der Waals surface area contributed by atoms with Gasteiger partial charge in [-0.05, 0) is 38.0 Å². The van der Waals surface area contributed by atoms with Crippen molar-refractivity contribution in [1.29, 1.82) is 0 Å². The molecule has 1 fully saturated rings. The first-order valence-corrected chi connectivity index (χ1v) is 5.11. The Labute approximate surface area is 88.1 Å². The Balaban J connectivity index is 2.46. The minimum Gasteiger partial charge on any atom is -0.508 e. The van der Waals surface area contributed by atoms with Crippen LogP contribution >= 0.6 is 11.6 Å². The minimum atomic E-state index is -0.438. The van der Waals surface area contributed by atoms with Gasteiger partial charge in [-0.25, -0.2) is 0 Å². The van der Waals surface area contributed by atoms with E-state index in [1.807, 2.05) is 0 Å². The van der Waals surface area contributed by atoms with Crippen LogP contribution in [0.2, 0.25) is 5.02 Å². The largest absolute Gasteiger partial charge is 0.508 e. The van der Waals surface area contributed by atoms with Crippen LogP contribution in [0.1, 0.15) is 25.3 Å². The fourth-order valence-corrected chi connectivity index (χ4v) is 2.13. The number of halogens is 1. The zero-order valence-electron chi connectivity index (χ0n) is 8.00. The van der Waals surface area contributed by atoms with Crippen LogP contribution in [-0.4, -0.2) is 16.3 Å². The summed E-state index contributed by atoms with van der Waals surface area (Å²) < 4.78 is 0. The van der Waals surface area contributed by atoms with Gasteiger partial charge in [0.1, 0.15) is 5.75 Å². The topological polar surface area (TPSA) is 40.5 Å². The summed E-state index contributed by atoms with van der Waals surface area (Å²) in [6.07, 6.45) is 1.39. The van der Waals surface area contributed by atoms with Gasteiger partial charge in [0.2, 0.25) is 0 Å². The molecular formula is C11H13ClO2. The average molecular weight is 213 g/mol. The Morgan fingerprint density at radius 1 is 1.43 bits per heavy atom. The zero-order valence-corrected chi connectivity index (χ0v) is 8.75. The Morgan fingerprint density at radius 3 is 2.57 bits per heavy atom. The number of phenolic OH excluding ortho intramolecular Hbond substituents is 1. The van der Waals surface area contributed by atoms with Crippen LogP contribution in [0.25, 0.3) is 0 Å². The van der Waals surface area contributed by atoms with Crippen LogP contribution < -0.4 is 0 Å². The molecule has 3 heteroatoms. The predicted octanol–water partition coefficient (Wildman–Crippen LogP) is 2.46. The standard InChI is InChI=1S/C11H13ClO2/c1-7(13)11(4-5-11)9-6-8(12)2-3-10(9)14/h2-3,6-7,13-14H,4-5H2,1H3. The van der Waals surface area contributed by atoms with Crippen molar-refractivity contribution >= 4 is 11.6 Å². The van der Waals surface area contributed by atoms with Crippen LogP contribution in [0.4, 0.5) is 0 Å². The highest BCUT2D eigenvalue weighted by Gasteiger charge is 2.49. The minimum absolute atomic E-state index is 0.229. The lowest BCUT2D eigenvalue weighted by atomic mass is 9.90. The SMILES string of the molecule is CC(O)C1(c2cc(Cl)ccc2O)CC1. The number of aliphatic hydroxyl groups is 1. The van der Waals surface area contributed by atoms with Gasteiger partial charge in [-0.2, -0.15) is 0 Å². The van der Waals surface area contributed by atoms with Crippen molar-refractivity contribution in [3.8, 4) is 5.75 Å². The second kappa shape index (κ2) is 3.14. The van der Waals surface area contributed by atoms with Gasteiger partial charge in [-0.15, -0.1) is 0 Å². The fourth-order valence-electron chi connectivity index (χ4n) is 1.95.